The molecule has 0 saturated heterocycles. The van der Waals surface area contributed by atoms with Crippen molar-refractivity contribution < 1.29 is 19.4 Å². The van der Waals surface area contributed by atoms with Crippen LogP contribution in [-0.4, -0.2) is 16.9 Å². The Morgan fingerprint density at radius 1 is 1.27 bits per heavy atom. The predicted octanol–water partition coefficient (Wildman–Crippen LogP) is 3.65. The zero-order valence-electron chi connectivity index (χ0n) is 12.2. The van der Waals surface area contributed by atoms with Crippen molar-refractivity contribution in [1.82, 2.24) is 0 Å². The van der Waals surface area contributed by atoms with Crippen LogP contribution in [0.2, 0.25) is 0 Å². The number of hydrogen-bond donors (Lipinski definition) is 1. The molecule has 1 unspecified atom stereocenters. The van der Waals surface area contributed by atoms with Gasteiger partial charge in [0.2, 0.25) is 0 Å². The predicted molar refractivity (Wildman–Crippen MR) is 81.5 cm³/mol. The first kappa shape index (κ1) is 14.3. The number of aryl methyl sites for hydroxylation is 1. The normalized spacial score (nSPS) is 16.8. The molecule has 1 aliphatic rings. The molecular formula is C18H16O4. The highest BCUT2D eigenvalue weighted by molar-refractivity contribution is 6.00. The van der Waals surface area contributed by atoms with Gasteiger partial charge in [-0.25, -0.2) is 4.79 Å². The Labute approximate surface area is 128 Å². The van der Waals surface area contributed by atoms with E-state index in [0.717, 1.165) is 12.0 Å². The van der Waals surface area contributed by atoms with E-state index in [-0.39, 0.29) is 17.8 Å². The molecule has 3 rings (SSSR count). The average molecular weight is 296 g/mol. The third-order valence-corrected chi connectivity index (χ3v) is 3.90. The lowest BCUT2D eigenvalue weighted by atomic mass is 9.94. The summed E-state index contributed by atoms with van der Waals surface area (Å²) in [7, 11) is 0. The van der Waals surface area contributed by atoms with Crippen molar-refractivity contribution in [1.29, 1.82) is 0 Å². The van der Waals surface area contributed by atoms with Crippen molar-refractivity contribution in [2.45, 2.75) is 25.9 Å². The Morgan fingerprint density at radius 3 is 2.82 bits per heavy atom. The number of rotatable bonds is 3. The number of Topliss-reactive ketones (excluding diaryl/α,β-unsaturated/α-hetero) is 1. The Bertz CT molecular complexity index is 749. The lowest BCUT2D eigenvalue weighted by Crippen LogP contribution is -2.20. The number of carboxylic acids is 1. The molecule has 2 aromatic carbocycles. The van der Waals surface area contributed by atoms with Gasteiger partial charge in [0.1, 0.15) is 11.9 Å². The molecular weight excluding hydrogens is 280 g/mol. The second kappa shape index (κ2) is 5.64. The zero-order valence-corrected chi connectivity index (χ0v) is 12.2. The Balaban J connectivity index is 1.96. The smallest absolute Gasteiger partial charge is 0.335 e. The minimum absolute atomic E-state index is 0.0228. The number of aromatic carboxylic acids is 1. The highest BCUT2D eigenvalue weighted by atomic mass is 16.5. The second-order valence-electron chi connectivity index (χ2n) is 5.35. The third kappa shape index (κ3) is 2.60. The van der Waals surface area contributed by atoms with Gasteiger partial charge in [0.15, 0.2) is 5.78 Å². The summed E-state index contributed by atoms with van der Waals surface area (Å²) in [5.41, 5.74) is 2.61. The van der Waals surface area contributed by atoms with Crippen LogP contribution >= 0.6 is 0 Å². The van der Waals surface area contributed by atoms with Crippen LogP contribution in [0.3, 0.4) is 0 Å². The first-order valence-electron chi connectivity index (χ1n) is 7.24. The number of carbonyl (C=O) groups is 2. The van der Waals surface area contributed by atoms with Gasteiger partial charge in [0.05, 0.1) is 17.5 Å². The van der Waals surface area contributed by atoms with Gasteiger partial charge < -0.3 is 9.84 Å². The quantitative estimate of drug-likeness (QED) is 0.939. The van der Waals surface area contributed by atoms with Crippen LogP contribution < -0.4 is 4.74 Å². The minimum Gasteiger partial charge on any atom is -0.484 e. The Kier molecular flexibility index (Phi) is 3.67. The van der Waals surface area contributed by atoms with Gasteiger partial charge in [0, 0.05) is 0 Å². The standard InChI is InChI=1S/C18H16O4/c1-2-11-6-7-14-15(19)10-16(22-17(14)8-11)12-4-3-5-13(9-12)18(20)21/h3-9,16H,2,10H2,1H3,(H,20,21). The van der Waals surface area contributed by atoms with E-state index in [2.05, 4.69) is 0 Å². The maximum absolute atomic E-state index is 12.3. The van der Waals surface area contributed by atoms with Gasteiger partial charge in [-0.15, -0.1) is 0 Å². The highest BCUT2D eigenvalue weighted by Gasteiger charge is 2.28. The van der Waals surface area contributed by atoms with E-state index in [1.807, 2.05) is 19.1 Å². The Hall–Kier alpha value is -2.62. The van der Waals surface area contributed by atoms with E-state index >= 15 is 0 Å². The fourth-order valence-corrected chi connectivity index (χ4v) is 2.65. The molecule has 1 heterocycles. The molecule has 1 atom stereocenters. The number of ether oxygens (including phenoxy) is 1. The molecule has 0 aromatic heterocycles. The number of hydrogen-bond acceptors (Lipinski definition) is 3. The molecule has 2 aromatic rings. The summed E-state index contributed by atoms with van der Waals surface area (Å²) < 4.78 is 5.95. The highest BCUT2D eigenvalue weighted by Crippen LogP contribution is 2.35. The maximum atomic E-state index is 12.3. The van der Waals surface area contributed by atoms with E-state index in [1.54, 1.807) is 24.3 Å². The van der Waals surface area contributed by atoms with E-state index < -0.39 is 12.1 Å². The first-order valence-corrected chi connectivity index (χ1v) is 7.24. The summed E-state index contributed by atoms with van der Waals surface area (Å²) in [5, 5.41) is 9.08. The van der Waals surface area contributed by atoms with Gasteiger partial charge >= 0.3 is 5.97 Å². The number of benzene rings is 2. The van der Waals surface area contributed by atoms with Gasteiger partial charge in [-0.05, 0) is 41.8 Å². The van der Waals surface area contributed by atoms with Crippen molar-refractivity contribution in [3.8, 4) is 5.75 Å². The van der Waals surface area contributed by atoms with Gasteiger partial charge in [-0.1, -0.05) is 25.1 Å². The molecule has 0 aliphatic carbocycles. The van der Waals surface area contributed by atoms with Gasteiger partial charge in [-0.2, -0.15) is 0 Å². The zero-order chi connectivity index (χ0) is 15.7. The third-order valence-electron chi connectivity index (χ3n) is 3.90. The van der Waals surface area contributed by atoms with Crippen LogP contribution in [0.5, 0.6) is 5.75 Å². The second-order valence-corrected chi connectivity index (χ2v) is 5.35. The lowest BCUT2D eigenvalue weighted by molar-refractivity contribution is 0.0696. The summed E-state index contributed by atoms with van der Waals surface area (Å²) in [6.07, 6.45) is 0.650. The Morgan fingerprint density at radius 2 is 2.09 bits per heavy atom. The number of carbonyl (C=O) groups excluding carboxylic acids is 1. The van der Waals surface area contributed by atoms with Crippen LogP contribution in [0.15, 0.2) is 42.5 Å². The molecule has 112 valence electrons. The molecule has 22 heavy (non-hydrogen) atoms. The van der Waals surface area contributed by atoms with Gasteiger partial charge in [0.25, 0.3) is 0 Å². The number of carboxylic acid groups (broad SMARTS) is 1. The first-order chi connectivity index (χ1) is 10.6. The molecule has 0 amide bonds. The lowest BCUT2D eigenvalue weighted by Gasteiger charge is -2.26. The molecule has 0 fully saturated rings. The molecule has 1 aliphatic heterocycles. The van der Waals surface area contributed by atoms with Crippen molar-refractivity contribution in [3.63, 3.8) is 0 Å². The van der Waals surface area contributed by atoms with Crippen LogP contribution in [0.4, 0.5) is 0 Å². The average Bonchev–Trinajstić information content (AvgIpc) is 2.54. The number of ketones is 1. The van der Waals surface area contributed by atoms with E-state index in [1.165, 1.54) is 6.07 Å². The van der Waals surface area contributed by atoms with Crippen LogP contribution in [0, 0.1) is 0 Å². The summed E-state index contributed by atoms with van der Waals surface area (Å²) in [6.45, 7) is 2.04. The van der Waals surface area contributed by atoms with Crippen molar-refractivity contribution in [2.75, 3.05) is 0 Å². The van der Waals surface area contributed by atoms with Crippen molar-refractivity contribution >= 4 is 11.8 Å². The summed E-state index contributed by atoms with van der Waals surface area (Å²) in [6, 6.07) is 12.2. The fraction of sp³-hybridized carbons (Fsp3) is 0.222. The van der Waals surface area contributed by atoms with Crippen molar-refractivity contribution in [3.05, 3.63) is 64.7 Å². The van der Waals surface area contributed by atoms with Crippen molar-refractivity contribution in [2.24, 2.45) is 0 Å². The molecule has 0 spiro atoms. The largest absolute Gasteiger partial charge is 0.484 e. The SMILES string of the molecule is CCc1ccc2c(c1)OC(c1cccc(C(=O)O)c1)CC2=O. The van der Waals surface area contributed by atoms with Crippen LogP contribution in [-0.2, 0) is 6.42 Å². The minimum atomic E-state index is -0.988. The van der Waals surface area contributed by atoms with Gasteiger partial charge in [-0.3, -0.25) is 4.79 Å². The molecule has 0 radical (unpaired) electrons. The topological polar surface area (TPSA) is 63.6 Å². The molecule has 4 nitrogen and oxygen atoms in total. The van der Waals surface area contributed by atoms with Crippen LogP contribution in [0.1, 0.15) is 51.3 Å². The summed E-state index contributed by atoms with van der Waals surface area (Å²) in [5.74, 6) is -0.381. The maximum Gasteiger partial charge on any atom is 0.335 e. The fourth-order valence-electron chi connectivity index (χ4n) is 2.65. The molecule has 4 heteroatoms. The molecule has 1 N–H and O–H groups in total. The summed E-state index contributed by atoms with van der Waals surface area (Å²) in [4.78, 5) is 23.4. The number of fused-ring (bicyclic) bond motifs is 1. The monoisotopic (exact) mass is 296 g/mol. The summed E-state index contributed by atoms with van der Waals surface area (Å²) >= 11 is 0. The van der Waals surface area contributed by atoms with E-state index in [4.69, 9.17) is 9.84 Å². The molecule has 0 bridgehead atoms. The molecule has 0 saturated carbocycles. The van der Waals surface area contributed by atoms with E-state index in [9.17, 15) is 9.59 Å². The van der Waals surface area contributed by atoms with E-state index in [0.29, 0.717) is 16.9 Å². The van der Waals surface area contributed by atoms with Crippen LogP contribution in [0.25, 0.3) is 0 Å².